The van der Waals surface area contributed by atoms with Gasteiger partial charge in [-0.1, -0.05) is 60.2 Å². The molecule has 186 valence electrons. The normalized spacial score (nSPS) is 14.4. The molecule has 3 aromatic carbocycles. The van der Waals surface area contributed by atoms with Gasteiger partial charge in [0, 0.05) is 17.1 Å². The molecule has 4 aromatic rings. The van der Waals surface area contributed by atoms with Crippen LogP contribution >= 0.6 is 0 Å². The van der Waals surface area contributed by atoms with Crippen molar-refractivity contribution in [2.24, 2.45) is 0 Å². The third-order valence-corrected chi connectivity index (χ3v) is 6.54. The van der Waals surface area contributed by atoms with Crippen molar-refractivity contribution in [2.75, 3.05) is 0 Å². The molecule has 0 bridgehead atoms. The van der Waals surface area contributed by atoms with Crippen LogP contribution in [0.4, 0.5) is 4.79 Å². The number of nitrogens with zero attached hydrogens (tertiary/aromatic N) is 2. The van der Waals surface area contributed by atoms with Gasteiger partial charge < -0.3 is 14.6 Å². The Labute approximate surface area is 216 Å². The van der Waals surface area contributed by atoms with Crippen LogP contribution in [-0.4, -0.2) is 21.4 Å². The number of nitrogens with one attached hydrogen (secondary N) is 1. The van der Waals surface area contributed by atoms with E-state index in [1.54, 1.807) is 6.08 Å². The fourth-order valence-electron chi connectivity index (χ4n) is 4.51. The minimum atomic E-state index is -0.406. The summed E-state index contributed by atoms with van der Waals surface area (Å²) >= 11 is 0. The first-order valence-corrected chi connectivity index (χ1v) is 12.3. The van der Waals surface area contributed by atoms with Gasteiger partial charge in [0.2, 0.25) is 0 Å². The number of urea groups is 1. The lowest BCUT2D eigenvalue weighted by Crippen LogP contribution is -2.30. The molecule has 6 nitrogen and oxygen atoms in total. The Morgan fingerprint density at radius 1 is 0.838 bits per heavy atom. The van der Waals surface area contributed by atoms with Crippen molar-refractivity contribution in [1.82, 2.24) is 14.8 Å². The fourth-order valence-corrected chi connectivity index (χ4v) is 4.51. The van der Waals surface area contributed by atoms with Crippen LogP contribution < -0.4 is 10.1 Å². The predicted octanol–water partition coefficient (Wildman–Crippen LogP) is 6.07. The molecule has 0 saturated carbocycles. The van der Waals surface area contributed by atoms with E-state index in [2.05, 4.69) is 9.88 Å². The average Bonchev–Trinajstić information content (AvgIpc) is 3.33. The van der Waals surface area contributed by atoms with E-state index >= 15 is 0 Å². The number of carbonyl (C=O) groups is 2. The molecule has 37 heavy (non-hydrogen) atoms. The van der Waals surface area contributed by atoms with Gasteiger partial charge in [0.15, 0.2) is 0 Å². The molecule has 0 atom stereocenters. The molecule has 1 aromatic heterocycles. The molecule has 5 rings (SSSR count). The number of hydrogen-bond acceptors (Lipinski definition) is 3. The topological polar surface area (TPSA) is 63.6 Å². The summed E-state index contributed by atoms with van der Waals surface area (Å²) in [7, 11) is 0. The Bertz CT molecular complexity index is 1470. The molecule has 1 aliphatic heterocycles. The number of hydrogen-bond donors (Lipinski definition) is 1. The second kappa shape index (κ2) is 10.2. The van der Waals surface area contributed by atoms with Gasteiger partial charge in [-0.25, -0.2) is 4.79 Å². The zero-order valence-corrected chi connectivity index (χ0v) is 21.2. The van der Waals surface area contributed by atoms with E-state index in [1.807, 2.05) is 106 Å². The van der Waals surface area contributed by atoms with Crippen molar-refractivity contribution < 1.29 is 14.3 Å². The standard InChI is InChI=1S/C31H29N3O3/c1-21-9-11-24(12-10-21)19-33-30(35)29(32-31(33)36)18-26-17-22(2)34(23(26)3)27-13-15-28(16-14-27)37-20-25-7-5-4-6-8-25/h4-18H,19-20H2,1-3H3,(H,32,36)/b29-18+. The van der Waals surface area contributed by atoms with Crippen LogP contribution in [0.25, 0.3) is 11.8 Å². The molecule has 0 spiro atoms. The first-order chi connectivity index (χ1) is 17.9. The van der Waals surface area contributed by atoms with Crippen molar-refractivity contribution in [1.29, 1.82) is 0 Å². The SMILES string of the molecule is Cc1ccc(CN2C(=O)N/C(=C/c3cc(C)n(-c4ccc(OCc5ccccc5)cc4)c3C)C2=O)cc1. The molecule has 0 unspecified atom stereocenters. The molecule has 1 aliphatic rings. The highest BCUT2D eigenvalue weighted by Crippen LogP contribution is 2.26. The van der Waals surface area contributed by atoms with Gasteiger partial charge in [0.05, 0.1) is 6.54 Å². The third-order valence-electron chi connectivity index (χ3n) is 6.54. The zero-order chi connectivity index (χ0) is 25.9. The number of benzene rings is 3. The van der Waals surface area contributed by atoms with E-state index in [9.17, 15) is 9.59 Å². The minimum Gasteiger partial charge on any atom is -0.489 e. The van der Waals surface area contributed by atoms with Crippen molar-refractivity contribution in [2.45, 2.75) is 33.9 Å². The third kappa shape index (κ3) is 5.19. The number of imide groups is 1. The van der Waals surface area contributed by atoms with Crippen LogP contribution in [0.2, 0.25) is 0 Å². The van der Waals surface area contributed by atoms with E-state index < -0.39 is 6.03 Å². The van der Waals surface area contributed by atoms with Crippen molar-refractivity contribution in [3.05, 3.63) is 124 Å². The number of amides is 3. The highest BCUT2D eigenvalue weighted by Gasteiger charge is 2.33. The van der Waals surface area contributed by atoms with Gasteiger partial charge in [-0.2, -0.15) is 0 Å². The minimum absolute atomic E-state index is 0.236. The number of aryl methyl sites for hydroxylation is 2. The molecule has 3 amide bonds. The van der Waals surface area contributed by atoms with E-state index in [4.69, 9.17) is 4.74 Å². The van der Waals surface area contributed by atoms with Gasteiger partial charge in [-0.15, -0.1) is 0 Å². The predicted molar refractivity (Wildman–Crippen MR) is 144 cm³/mol. The van der Waals surface area contributed by atoms with Gasteiger partial charge in [-0.3, -0.25) is 9.69 Å². The molecule has 2 heterocycles. The Morgan fingerprint density at radius 2 is 1.54 bits per heavy atom. The van der Waals surface area contributed by atoms with Gasteiger partial charge in [0.25, 0.3) is 5.91 Å². The van der Waals surface area contributed by atoms with Gasteiger partial charge >= 0.3 is 6.03 Å². The molecule has 1 N–H and O–H groups in total. The Morgan fingerprint density at radius 3 is 2.24 bits per heavy atom. The van der Waals surface area contributed by atoms with E-state index in [-0.39, 0.29) is 18.1 Å². The maximum atomic E-state index is 13.0. The summed E-state index contributed by atoms with van der Waals surface area (Å²) in [6.07, 6.45) is 1.76. The maximum absolute atomic E-state index is 13.0. The second-order valence-corrected chi connectivity index (χ2v) is 9.30. The van der Waals surface area contributed by atoms with Crippen LogP contribution in [0.3, 0.4) is 0 Å². The highest BCUT2D eigenvalue weighted by molar-refractivity contribution is 6.14. The quantitative estimate of drug-likeness (QED) is 0.252. The lowest BCUT2D eigenvalue weighted by atomic mass is 10.1. The van der Waals surface area contributed by atoms with E-state index in [1.165, 1.54) is 4.90 Å². The lowest BCUT2D eigenvalue weighted by Gasteiger charge is -2.12. The first kappa shape index (κ1) is 24.1. The Hall–Kier alpha value is -4.58. The molecule has 6 heteroatoms. The van der Waals surface area contributed by atoms with Crippen LogP contribution in [0, 0.1) is 20.8 Å². The molecule has 1 saturated heterocycles. The van der Waals surface area contributed by atoms with Crippen LogP contribution in [0.1, 0.15) is 33.6 Å². The first-order valence-electron chi connectivity index (χ1n) is 12.3. The Balaban J connectivity index is 1.32. The molecular weight excluding hydrogens is 462 g/mol. The van der Waals surface area contributed by atoms with E-state index in [0.717, 1.165) is 45.1 Å². The second-order valence-electron chi connectivity index (χ2n) is 9.30. The van der Waals surface area contributed by atoms with Gasteiger partial charge in [0.1, 0.15) is 18.1 Å². The zero-order valence-electron chi connectivity index (χ0n) is 21.2. The maximum Gasteiger partial charge on any atom is 0.329 e. The molecule has 0 aliphatic carbocycles. The fraction of sp³-hybridized carbons (Fsp3) is 0.161. The van der Waals surface area contributed by atoms with E-state index in [0.29, 0.717) is 6.61 Å². The van der Waals surface area contributed by atoms with Gasteiger partial charge in [-0.05, 0) is 73.9 Å². The molecule has 0 radical (unpaired) electrons. The summed E-state index contributed by atoms with van der Waals surface area (Å²) in [4.78, 5) is 26.8. The Kier molecular flexibility index (Phi) is 6.64. The monoisotopic (exact) mass is 491 g/mol. The van der Waals surface area contributed by atoms with Crippen molar-refractivity contribution in [3.8, 4) is 11.4 Å². The molecule has 1 fully saturated rings. The summed E-state index contributed by atoms with van der Waals surface area (Å²) in [5.74, 6) is 0.473. The van der Waals surface area contributed by atoms with Crippen LogP contribution in [0.15, 0.2) is 90.6 Å². The number of aromatic nitrogens is 1. The lowest BCUT2D eigenvalue weighted by molar-refractivity contribution is -0.123. The number of ether oxygens (including phenoxy) is 1. The largest absolute Gasteiger partial charge is 0.489 e. The van der Waals surface area contributed by atoms with Crippen LogP contribution in [-0.2, 0) is 17.9 Å². The number of rotatable bonds is 7. The summed E-state index contributed by atoms with van der Waals surface area (Å²) in [6.45, 7) is 6.78. The van der Waals surface area contributed by atoms with Crippen LogP contribution in [0.5, 0.6) is 5.75 Å². The summed E-state index contributed by atoms with van der Waals surface area (Å²) < 4.78 is 8.04. The smallest absolute Gasteiger partial charge is 0.329 e. The van der Waals surface area contributed by atoms with Crippen molar-refractivity contribution >= 4 is 18.0 Å². The average molecular weight is 492 g/mol. The number of carbonyl (C=O) groups excluding carboxylic acids is 2. The summed E-state index contributed by atoms with van der Waals surface area (Å²) in [5, 5.41) is 2.74. The summed E-state index contributed by atoms with van der Waals surface area (Å²) in [5.41, 5.74) is 7.31. The van der Waals surface area contributed by atoms with Crippen molar-refractivity contribution in [3.63, 3.8) is 0 Å². The highest BCUT2D eigenvalue weighted by atomic mass is 16.5. The molecular formula is C31H29N3O3. The summed E-state index contributed by atoms with van der Waals surface area (Å²) in [6, 6.07) is 27.4.